The summed E-state index contributed by atoms with van der Waals surface area (Å²) in [6, 6.07) is 4.06. The van der Waals surface area contributed by atoms with E-state index >= 15 is 0 Å². The number of benzene rings is 1. The number of carbonyl (C=O) groups excluding carboxylic acids is 2. The van der Waals surface area contributed by atoms with Gasteiger partial charge in [0.1, 0.15) is 11.6 Å². The average molecular weight is 352 g/mol. The predicted molar refractivity (Wildman–Crippen MR) is 86.3 cm³/mol. The molecule has 1 aromatic heterocycles. The van der Waals surface area contributed by atoms with Crippen LogP contribution in [-0.4, -0.2) is 33.9 Å². The Morgan fingerprint density at radius 2 is 2.09 bits per heavy atom. The highest BCUT2D eigenvalue weighted by atomic mass is 35.5. The van der Waals surface area contributed by atoms with Crippen molar-refractivity contribution in [1.82, 2.24) is 9.88 Å². The highest BCUT2D eigenvalue weighted by Crippen LogP contribution is 2.33. The summed E-state index contributed by atoms with van der Waals surface area (Å²) in [6.45, 7) is 0.331. The first-order valence-electron chi connectivity index (χ1n) is 6.60. The minimum absolute atomic E-state index is 0.00114. The summed E-state index contributed by atoms with van der Waals surface area (Å²) in [5.74, 6) is -0.371. The van der Waals surface area contributed by atoms with Gasteiger partial charge in [0.15, 0.2) is 5.78 Å². The maximum absolute atomic E-state index is 12.6. The van der Waals surface area contributed by atoms with Crippen LogP contribution in [0.5, 0.6) is 5.75 Å². The Morgan fingerprint density at radius 1 is 1.35 bits per heavy atom. The summed E-state index contributed by atoms with van der Waals surface area (Å²) in [5.41, 5.74) is 0.963. The highest BCUT2D eigenvalue weighted by Gasteiger charge is 2.23. The van der Waals surface area contributed by atoms with Gasteiger partial charge in [0.25, 0.3) is 0 Å². The fourth-order valence-corrected chi connectivity index (χ4v) is 2.78. The number of aromatic hydroxyl groups is 1. The quantitative estimate of drug-likeness (QED) is 0.813. The van der Waals surface area contributed by atoms with Crippen molar-refractivity contribution in [2.24, 2.45) is 0 Å². The molecule has 0 saturated carbocycles. The van der Waals surface area contributed by atoms with E-state index in [2.05, 4.69) is 10.3 Å². The van der Waals surface area contributed by atoms with Crippen molar-refractivity contribution in [2.75, 3.05) is 12.4 Å². The minimum atomic E-state index is -0.457. The van der Waals surface area contributed by atoms with E-state index in [9.17, 15) is 14.7 Å². The molecular formula is C15H11Cl2N3O3. The summed E-state index contributed by atoms with van der Waals surface area (Å²) in [7, 11) is 1.63. The Bertz CT molecular complexity index is 839. The van der Waals surface area contributed by atoms with E-state index in [0.717, 1.165) is 0 Å². The minimum Gasteiger partial charge on any atom is -0.506 e. The highest BCUT2D eigenvalue weighted by molar-refractivity contribution is 6.36. The van der Waals surface area contributed by atoms with Gasteiger partial charge in [-0.25, -0.2) is 9.78 Å². The number of carbonyl (C=O) groups is 2. The molecule has 8 heteroatoms. The molecule has 0 saturated heterocycles. The van der Waals surface area contributed by atoms with E-state index in [1.807, 2.05) is 0 Å². The number of ketones is 1. The number of rotatable bonds is 2. The van der Waals surface area contributed by atoms with Gasteiger partial charge in [0.2, 0.25) is 0 Å². The topological polar surface area (TPSA) is 82.5 Å². The van der Waals surface area contributed by atoms with Crippen molar-refractivity contribution in [1.29, 1.82) is 0 Å². The summed E-state index contributed by atoms with van der Waals surface area (Å²) in [4.78, 5) is 29.7. The number of halogens is 2. The van der Waals surface area contributed by atoms with Crippen molar-refractivity contribution in [2.45, 2.75) is 6.54 Å². The van der Waals surface area contributed by atoms with Crippen molar-refractivity contribution in [3.63, 3.8) is 0 Å². The van der Waals surface area contributed by atoms with Gasteiger partial charge in [-0.05, 0) is 18.2 Å². The van der Waals surface area contributed by atoms with Gasteiger partial charge >= 0.3 is 6.03 Å². The number of aromatic nitrogens is 1. The van der Waals surface area contributed by atoms with Gasteiger partial charge in [-0.1, -0.05) is 23.2 Å². The number of phenols is 1. The molecule has 2 aromatic rings. The molecule has 0 spiro atoms. The molecule has 6 nitrogen and oxygen atoms in total. The number of amides is 2. The number of urea groups is 1. The van der Waals surface area contributed by atoms with Crippen molar-refractivity contribution in [3.8, 4) is 5.75 Å². The summed E-state index contributed by atoms with van der Waals surface area (Å²) >= 11 is 11.7. The third kappa shape index (κ3) is 2.83. The molecule has 23 heavy (non-hydrogen) atoms. The fourth-order valence-electron chi connectivity index (χ4n) is 2.29. The third-order valence-corrected chi connectivity index (χ3v) is 3.99. The summed E-state index contributed by atoms with van der Waals surface area (Å²) in [5, 5.41) is 12.8. The van der Waals surface area contributed by atoms with Gasteiger partial charge in [0, 0.05) is 29.4 Å². The molecule has 0 fully saturated rings. The lowest BCUT2D eigenvalue weighted by Gasteiger charge is -2.25. The normalized spacial score (nSPS) is 13.5. The number of nitrogens with one attached hydrogen (secondary N) is 1. The number of anilines is 1. The second-order valence-corrected chi connectivity index (χ2v) is 5.97. The van der Waals surface area contributed by atoms with Gasteiger partial charge in [-0.3, -0.25) is 10.1 Å². The van der Waals surface area contributed by atoms with Gasteiger partial charge < -0.3 is 10.0 Å². The Hall–Kier alpha value is -2.31. The molecule has 118 valence electrons. The molecule has 2 N–H and O–H groups in total. The second-order valence-electron chi connectivity index (χ2n) is 5.13. The van der Waals surface area contributed by atoms with Gasteiger partial charge in [-0.15, -0.1) is 0 Å². The first-order chi connectivity index (χ1) is 10.9. The van der Waals surface area contributed by atoms with Crippen LogP contribution >= 0.6 is 23.2 Å². The number of nitrogens with zero attached hydrogens (tertiary/aromatic N) is 2. The lowest BCUT2D eigenvalue weighted by molar-refractivity contribution is 0.103. The number of hydrogen-bond donors (Lipinski definition) is 2. The van der Waals surface area contributed by atoms with E-state index in [-0.39, 0.29) is 33.0 Å². The van der Waals surface area contributed by atoms with E-state index in [4.69, 9.17) is 23.2 Å². The number of phenolic OH excluding ortho intramolecular Hbond substituents is 1. The smallest absolute Gasteiger partial charge is 0.323 e. The molecule has 1 aliphatic heterocycles. The molecule has 0 aliphatic carbocycles. The standard InChI is InChI=1S/C15H11Cl2N3O3/c1-20-6-8-2-7(5-18-14(8)19-15(20)23)12(21)10-3-9(16)4-11(17)13(10)22/h2-5,22H,6H2,1H3,(H,18,19,23). The first-order valence-corrected chi connectivity index (χ1v) is 7.36. The van der Waals surface area contributed by atoms with E-state index in [1.165, 1.54) is 23.2 Å². The van der Waals surface area contributed by atoms with E-state index in [1.54, 1.807) is 13.1 Å². The fraction of sp³-hybridized carbons (Fsp3) is 0.133. The van der Waals surface area contributed by atoms with Crippen LogP contribution in [0, 0.1) is 0 Å². The maximum Gasteiger partial charge on any atom is 0.323 e. The monoisotopic (exact) mass is 351 g/mol. The number of fused-ring (bicyclic) bond motifs is 1. The van der Waals surface area contributed by atoms with Crippen LogP contribution in [0.1, 0.15) is 21.5 Å². The Morgan fingerprint density at radius 3 is 2.83 bits per heavy atom. The molecule has 2 heterocycles. The van der Waals surface area contributed by atoms with Gasteiger partial charge in [0.05, 0.1) is 17.1 Å². The van der Waals surface area contributed by atoms with Crippen molar-refractivity contribution in [3.05, 3.63) is 51.1 Å². The zero-order chi connectivity index (χ0) is 16.7. The predicted octanol–water partition coefficient (Wildman–Crippen LogP) is 3.30. The van der Waals surface area contributed by atoms with Crippen LogP contribution in [-0.2, 0) is 6.54 Å². The van der Waals surface area contributed by atoms with Crippen LogP contribution in [0.4, 0.5) is 10.6 Å². The van der Waals surface area contributed by atoms with E-state index in [0.29, 0.717) is 17.9 Å². The van der Waals surface area contributed by atoms with Crippen molar-refractivity contribution >= 4 is 40.8 Å². The van der Waals surface area contributed by atoms with Gasteiger partial charge in [-0.2, -0.15) is 0 Å². The Balaban J connectivity index is 2.02. The lowest BCUT2D eigenvalue weighted by atomic mass is 10.0. The first kappa shape index (κ1) is 15.6. The average Bonchev–Trinajstić information content (AvgIpc) is 2.51. The SMILES string of the molecule is CN1Cc2cc(C(=O)c3cc(Cl)cc(Cl)c3O)cnc2NC1=O. The largest absolute Gasteiger partial charge is 0.506 e. The molecule has 0 bridgehead atoms. The third-order valence-electron chi connectivity index (χ3n) is 3.48. The zero-order valence-corrected chi connectivity index (χ0v) is 13.4. The second kappa shape index (κ2) is 5.72. The molecule has 0 radical (unpaired) electrons. The molecule has 2 amide bonds. The number of hydrogen-bond acceptors (Lipinski definition) is 4. The van der Waals surface area contributed by atoms with E-state index < -0.39 is 5.78 Å². The maximum atomic E-state index is 12.6. The van der Waals surface area contributed by atoms with Crippen molar-refractivity contribution < 1.29 is 14.7 Å². The van der Waals surface area contributed by atoms with Crippen LogP contribution < -0.4 is 5.32 Å². The zero-order valence-electron chi connectivity index (χ0n) is 11.9. The molecule has 3 rings (SSSR count). The van der Waals surface area contributed by atoms with Crippen LogP contribution in [0.25, 0.3) is 0 Å². The molecule has 0 unspecified atom stereocenters. The molecule has 1 aliphatic rings. The molecule has 0 atom stereocenters. The van der Waals surface area contributed by atoms with Crippen LogP contribution in [0.2, 0.25) is 10.0 Å². The summed E-state index contributed by atoms with van der Waals surface area (Å²) < 4.78 is 0. The lowest BCUT2D eigenvalue weighted by Crippen LogP contribution is -2.36. The van der Waals surface area contributed by atoms with Crippen LogP contribution in [0.15, 0.2) is 24.4 Å². The Kier molecular flexibility index (Phi) is 3.87. The molecular weight excluding hydrogens is 341 g/mol. The Labute approximate surface area is 141 Å². The number of pyridine rings is 1. The summed E-state index contributed by atoms with van der Waals surface area (Å²) in [6.07, 6.45) is 1.33. The molecule has 1 aromatic carbocycles. The van der Waals surface area contributed by atoms with Crippen LogP contribution in [0.3, 0.4) is 0 Å².